The molecule has 0 aromatic rings. The van der Waals surface area contributed by atoms with E-state index >= 15 is 0 Å². The quantitative estimate of drug-likeness (QED) is 0.636. The summed E-state index contributed by atoms with van der Waals surface area (Å²) in [6.45, 7) is 7.22. The number of halogens is 1. The molecule has 0 aromatic heterocycles. The fraction of sp³-hybridized carbons (Fsp3) is 1.00. The minimum absolute atomic E-state index is 0.846. The van der Waals surface area contributed by atoms with Crippen LogP contribution in [0.2, 0.25) is 0 Å². The van der Waals surface area contributed by atoms with Gasteiger partial charge in [0.1, 0.15) is 0 Å². The minimum Gasteiger partial charge on any atom is -0.306 e. The molecule has 1 aliphatic rings. The van der Waals surface area contributed by atoms with Crippen molar-refractivity contribution in [3.8, 4) is 0 Å². The van der Waals surface area contributed by atoms with Gasteiger partial charge in [0.05, 0.1) is 0 Å². The van der Waals surface area contributed by atoms with Gasteiger partial charge in [-0.15, -0.1) is 0 Å². The van der Waals surface area contributed by atoms with E-state index in [1.54, 1.807) is 0 Å². The molecule has 0 N–H and O–H groups in total. The molecule has 84 valence electrons. The van der Waals surface area contributed by atoms with Crippen LogP contribution < -0.4 is 0 Å². The third kappa shape index (κ3) is 4.31. The Hall–Kier alpha value is 0.440. The normalized spacial score (nSPS) is 28.1. The number of alkyl halides is 1. The van der Waals surface area contributed by atoms with E-state index in [0.29, 0.717) is 0 Å². The van der Waals surface area contributed by atoms with Gasteiger partial charge < -0.3 is 4.90 Å². The molecule has 0 amide bonds. The minimum atomic E-state index is 0.846. The zero-order valence-corrected chi connectivity index (χ0v) is 11.4. The van der Waals surface area contributed by atoms with Crippen molar-refractivity contribution in [2.75, 3.05) is 25.5 Å². The molecule has 1 nitrogen and oxygen atoms in total. The molecule has 14 heavy (non-hydrogen) atoms. The van der Waals surface area contributed by atoms with Crippen LogP contribution in [0.15, 0.2) is 0 Å². The zero-order chi connectivity index (χ0) is 10.6. The second-order valence-corrected chi connectivity index (χ2v) is 5.65. The van der Waals surface area contributed by atoms with Crippen LogP contribution in [0.3, 0.4) is 0 Å². The molecule has 1 aliphatic carbocycles. The lowest BCUT2D eigenvalue weighted by Gasteiger charge is -2.22. The molecular formula is C12H24BrN. The first kappa shape index (κ1) is 12.5. The Bertz CT molecular complexity index is 160. The molecule has 0 saturated heterocycles. The highest BCUT2D eigenvalue weighted by Crippen LogP contribution is 2.38. The van der Waals surface area contributed by atoms with Crippen molar-refractivity contribution in [3.05, 3.63) is 0 Å². The van der Waals surface area contributed by atoms with Gasteiger partial charge in [-0.25, -0.2) is 0 Å². The summed E-state index contributed by atoms with van der Waals surface area (Å²) in [7, 11) is 2.27. The fourth-order valence-electron chi connectivity index (χ4n) is 2.19. The third-order valence-electron chi connectivity index (χ3n) is 3.31. The third-order valence-corrected chi connectivity index (χ3v) is 4.22. The van der Waals surface area contributed by atoms with Gasteiger partial charge in [-0.05, 0) is 37.6 Å². The van der Waals surface area contributed by atoms with Crippen molar-refractivity contribution in [1.82, 2.24) is 4.90 Å². The van der Waals surface area contributed by atoms with E-state index in [-0.39, 0.29) is 0 Å². The maximum absolute atomic E-state index is 3.61. The highest BCUT2D eigenvalue weighted by molar-refractivity contribution is 9.09. The van der Waals surface area contributed by atoms with Crippen molar-refractivity contribution < 1.29 is 0 Å². The summed E-state index contributed by atoms with van der Waals surface area (Å²) in [5.74, 6) is 2.84. The molecule has 1 saturated carbocycles. The predicted molar refractivity (Wildman–Crippen MR) is 67.0 cm³/mol. The zero-order valence-electron chi connectivity index (χ0n) is 9.80. The average molecular weight is 262 g/mol. The molecule has 0 spiro atoms. The van der Waals surface area contributed by atoms with Gasteiger partial charge >= 0.3 is 0 Å². The van der Waals surface area contributed by atoms with E-state index < -0.39 is 0 Å². The Labute approximate surface area is 97.4 Å². The molecule has 0 aromatic carbocycles. The van der Waals surface area contributed by atoms with Gasteiger partial charge in [0, 0.05) is 18.4 Å². The Kier molecular flexibility index (Phi) is 5.47. The first-order valence-electron chi connectivity index (χ1n) is 5.91. The van der Waals surface area contributed by atoms with E-state index in [1.165, 1.54) is 32.4 Å². The molecule has 1 fully saturated rings. The van der Waals surface area contributed by atoms with Crippen molar-refractivity contribution >= 4 is 15.9 Å². The second-order valence-electron chi connectivity index (χ2n) is 5.00. The van der Waals surface area contributed by atoms with E-state index in [0.717, 1.165) is 23.1 Å². The molecule has 0 heterocycles. The van der Waals surface area contributed by atoms with Crippen LogP contribution in [0.4, 0.5) is 0 Å². The molecule has 3 atom stereocenters. The number of nitrogens with zero attached hydrogens (tertiary/aromatic N) is 1. The van der Waals surface area contributed by atoms with Crippen LogP contribution in [0.5, 0.6) is 0 Å². The number of rotatable bonds is 7. The van der Waals surface area contributed by atoms with Crippen LogP contribution in [-0.4, -0.2) is 30.4 Å². The monoisotopic (exact) mass is 261 g/mol. The largest absolute Gasteiger partial charge is 0.306 e. The maximum Gasteiger partial charge on any atom is 0.00718 e. The highest BCUT2D eigenvalue weighted by atomic mass is 79.9. The predicted octanol–water partition coefficient (Wildman–Crippen LogP) is 3.39. The standard InChI is InChI=1S/C12H24BrN/c1-4-5-11(7-13)8-14(3)9-12-6-10(12)2/h10-12H,4-9H2,1-3H3. The number of hydrogen-bond donors (Lipinski definition) is 0. The van der Waals surface area contributed by atoms with E-state index in [2.05, 4.69) is 41.7 Å². The Morgan fingerprint density at radius 2 is 2.14 bits per heavy atom. The summed E-state index contributed by atoms with van der Waals surface area (Å²) in [6, 6.07) is 0. The lowest BCUT2D eigenvalue weighted by atomic mass is 10.1. The van der Waals surface area contributed by atoms with Gasteiger partial charge in [-0.3, -0.25) is 0 Å². The molecule has 2 heteroatoms. The SMILES string of the molecule is CCCC(CBr)CN(C)CC1CC1C. The van der Waals surface area contributed by atoms with Crippen molar-refractivity contribution in [1.29, 1.82) is 0 Å². The van der Waals surface area contributed by atoms with Gasteiger partial charge in [-0.1, -0.05) is 36.2 Å². The van der Waals surface area contributed by atoms with Crippen LogP contribution in [0.1, 0.15) is 33.1 Å². The molecule has 0 bridgehead atoms. The van der Waals surface area contributed by atoms with Crippen molar-refractivity contribution in [2.45, 2.75) is 33.1 Å². The van der Waals surface area contributed by atoms with E-state index in [4.69, 9.17) is 0 Å². The summed E-state index contributed by atoms with van der Waals surface area (Å²) >= 11 is 3.61. The van der Waals surface area contributed by atoms with Crippen LogP contribution in [0.25, 0.3) is 0 Å². The Morgan fingerprint density at radius 1 is 1.50 bits per heavy atom. The lowest BCUT2D eigenvalue weighted by molar-refractivity contribution is 0.267. The van der Waals surface area contributed by atoms with Gasteiger partial charge in [-0.2, -0.15) is 0 Å². The van der Waals surface area contributed by atoms with Gasteiger partial charge in [0.2, 0.25) is 0 Å². The molecule has 1 rings (SSSR count). The average Bonchev–Trinajstić information content (AvgIpc) is 2.80. The smallest absolute Gasteiger partial charge is 0.00718 e. The number of hydrogen-bond acceptors (Lipinski definition) is 1. The first-order valence-corrected chi connectivity index (χ1v) is 7.04. The second kappa shape index (κ2) is 6.12. The Morgan fingerprint density at radius 3 is 2.57 bits per heavy atom. The van der Waals surface area contributed by atoms with Crippen LogP contribution in [-0.2, 0) is 0 Å². The van der Waals surface area contributed by atoms with E-state index in [9.17, 15) is 0 Å². The molecule has 0 radical (unpaired) electrons. The summed E-state index contributed by atoms with van der Waals surface area (Å²) < 4.78 is 0. The van der Waals surface area contributed by atoms with Gasteiger partial charge in [0.25, 0.3) is 0 Å². The van der Waals surface area contributed by atoms with Gasteiger partial charge in [0.15, 0.2) is 0 Å². The fourth-order valence-corrected chi connectivity index (χ4v) is 2.72. The molecular weight excluding hydrogens is 238 g/mol. The highest BCUT2D eigenvalue weighted by Gasteiger charge is 2.33. The van der Waals surface area contributed by atoms with Crippen LogP contribution >= 0.6 is 15.9 Å². The van der Waals surface area contributed by atoms with Crippen molar-refractivity contribution in [3.63, 3.8) is 0 Å². The summed E-state index contributed by atoms with van der Waals surface area (Å²) in [4.78, 5) is 2.52. The molecule has 0 aliphatic heterocycles. The molecule has 3 unspecified atom stereocenters. The van der Waals surface area contributed by atoms with Crippen molar-refractivity contribution in [2.24, 2.45) is 17.8 Å². The lowest BCUT2D eigenvalue weighted by Crippen LogP contribution is -2.28. The summed E-state index contributed by atoms with van der Waals surface area (Å²) in [5, 5.41) is 1.16. The topological polar surface area (TPSA) is 3.24 Å². The maximum atomic E-state index is 3.61. The van der Waals surface area contributed by atoms with Crippen LogP contribution in [0, 0.1) is 17.8 Å². The summed E-state index contributed by atoms with van der Waals surface area (Å²) in [6.07, 6.45) is 4.12. The first-order chi connectivity index (χ1) is 6.67. The summed E-state index contributed by atoms with van der Waals surface area (Å²) in [5.41, 5.74) is 0. The Balaban J connectivity index is 2.13. The van der Waals surface area contributed by atoms with E-state index in [1.807, 2.05) is 0 Å².